The van der Waals surface area contributed by atoms with E-state index in [0.717, 1.165) is 16.0 Å². The summed E-state index contributed by atoms with van der Waals surface area (Å²) in [6.07, 6.45) is 1.31. The van der Waals surface area contributed by atoms with Gasteiger partial charge in [0.1, 0.15) is 0 Å². The Morgan fingerprint density at radius 1 is 1.14 bits per heavy atom. The fraction of sp³-hybridized carbons (Fsp3) is 0.235. The van der Waals surface area contributed by atoms with Crippen LogP contribution in [0, 0.1) is 6.92 Å². The summed E-state index contributed by atoms with van der Waals surface area (Å²) in [5, 5.41) is 12.9. The fourth-order valence-electron chi connectivity index (χ4n) is 1.94. The molecule has 1 unspecified atom stereocenters. The standard InChI is InChI=1S/C17H19NO2S/c1-12-3-5-14(6-4-12)17(20)18-11-16(19)13-7-9-15(21-2)10-8-13/h3-10,16,19H,11H2,1-2H3,(H,18,20). The lowest BCUT2D eigenvalue weighted by molar-refractivity contribution is 0.0916. The molecule has 0 aliphatic heterocycles. The van der Waals surface area contributed by atoms with Crippen LogP contribution in [0.4, 0.5) is 0 Å². The van der Waals surface area contributed by atoms with Crippen molar-refractivity contribution in [2.75, 3.05) is 12.8 Å². The Kier molecular flexibility index (Phi) is 5.42. The molecule has 0 spiro atoms. The predicted molar refractivity (Wildman–Crippen MR) is 86.7 cm³/mol. The SMILES string of the molecule is CSc1ccc(C(O)CNC(=O)c2ccc(C)cc2)cc1. The van der Waals surface area contributed by atoms with Crippen molar-refractivity contribution in [2.45, 2.75) is 17.9 Å². The summed E-state index contributed by atoms with van der Waals surface area (Å²) in [6, 6.07) is 15.0. The maximum atomic E-state index is 12.0. The minimum atomic E-state index is -0.699. The van der Waals surface area contributed by atoms with E-state index in [2.05, 4.69) is 5.32 Å². The van der Waals surface area contributed by atoms with E-state index in [9.17, 15) is 9.90 Å². The lowest BCUT2D eigenvalue weighted by Gasteiger charge is -2.13. The molecule has 0 saturated carbocycles. The molecule has 0 aliphatic carbocycles. The molecule has 2 aromatic carbocycles. The van der Waals surface area contributed by atoms with Crippen molar-refractivity contribution in [3.63, 3.8) is 0 Å². The zero-order valence-electron chi connectivity index (χ0n) is 12.2. The van der Waals surface area contributed by atoms with Crippen LogP contribution in [0.25, 0.3) is 0 Å². The Hall–Kier alpha value is -1.78. The van der Waals surface area contributed by atoms with Gasteiger partial charge in [0.2, 0.25) is 0 Å². The predicted octanol–water partition coefficient (Wildman–Crippen LogP) is 3.18. The van der Waals surface area contributed by atoms with E-state index < -0.39 is 6.10 Å². The van der Waals surface area contributed by atoms with Crippen molar-refractivity contribution < 1.29 is 9.90 Å². The van der Waals surface area contributed by atoms with Crippen molar-refractivity contribution in [2.24, 2.45) is 0 Å². The van der Waals surface area contributed by atoms with Crippen molar-refractivity contribution in [3.8, 4) is 0 Å². The summed E-state index contributed by atoms with van der Waals surface area (Å²) in [6.45, 7) is 2.18. The first-order valence-electron chi connectivity index (χ1n) is 6.77. The van der Waals surface area contributed by atoms with Crippen molar-refractivity contribution in [1.29, 1.82) is 0 Å². The van der Waals surface area contributed by atoms with Crippen molar-refractivity contribution in [1.82, 2.24) is 5.32 Å². The minimum absolute atomic E-state index is 0.171. The monoisotopic (exact) mass is 301 g/mol. The van der Waals surface area contributed by atoms with E-state index in [1.165, 1.54) is 0 Å². The van der Waals surface area contributed by atoms with Gasteiger partial charge in [0, 0.05) is 17.0 Å². The topological polar surface area (TPSA) is 49.3 Å². The van der Waals surface area contributed by atoms with Crippen LogP contribution in [0.3, 0.4) is 0 Å². The van der Waals surface area contributed by atoms with E-state index in [1.807, 2.05) is 49.6 Å². The zero-order chi connectivity index (χ0) is 15.2. The Morgan fingerprint density at radius 2 is 1.76 bits per heavy atom. The van der Waals surface area contributed by atoms with E-state index in [4.69, 9.17) is 0 Å². The number of carbonyl (C=O) groups is 1. The van der Waals surface area contributed by atoms with Gasteiger partial charge in [-0.15, -0.1) is 11.8 Å². The summed E-state index contributed by atoms with van der Waals surface area (Å²) in [4.78, 5) is 13.1. The highest BCUT2D eigenvalue weighted by molar-refractivity contribution is 7.98. The van der Waals surface area contributed by atoms with Crippen LogP contribution in [0.1, 0.15) is 27.6 Å². The van der Waals surface area contributed by atoms with Gasteiger partial charge in [-0.25, -0.2) is 0 Å². The number of rotatable bonds is 5. The van der Waals surface area contributed by atoms with Gasteiger partial charge in [-0.2, -0.15) is 0 Å². The molecule has 0 bridgehead atoms. The van der Waals surface area contributed by atoms with Crippen LogP contribution < -0.4 is 5.32 Å². The number of aliphatic hydroxyl groups excluding tert-OH is 1. The van der Waals surface area contributed by atoms with Crippen LogP contribution in [-0.2, 0) is 0 Å². The largest absolute Gasteiger partial charge is 0.387 e. The second-order valence-corrected chi connectivity index (χ2v) is 5.74. The van der Waals surface area contributed by atoms with E-state index in [0.29, 0.717) is 5.56 Å². The number of amides is 1. The highest BCUT2D eigenvalue weighted by atomic mass is 32.2. The number of carbonyl (C=O) groups excluding carboxylic acids is 1. The summed E-state index contributed by atoms with van der Waals surface area (Å²) in [5.74, 6) is -0.171. The van der Waals surface area contributed by atoms with Crippen LogP contribution in [-0.4, -0.2) is 23.8 Å². The number of benzene rings is 2. The first kappa shape index (κ1) is 15.6. The molecule has 0 radical (unpaired) electrons. The Labute approximate surface area is 129 Å². The number of thioether (sulfide) groups is 1. The average molecular weight is 301 g/mol. The minimum Gasteiger partial charge on any atom is -0.387 e. The maximum absolute atomic E-state index is 12.0. The molecular formula is C17H19NO2S. The van der Waals surface area contributed by atoms with Crippen LogP contribution >= 0.6 is 11.8 Å². The molecule has 0 saturated heterocycles. The van der Waals surface area contributed by atoms with Gasteiger partial charge in [0.25, 0.3) is 5.91 Å². The number of aryl methyl sites for hydroxylation is 1. The zero-order valence-corrected chi connectivity index (χ0v) is 13.0. The Bertz CT molecular complexity index is 593. The molecular weight excluding hydrogens is 282 g/mol. The third kappa shape index (κ3) is 4.34. The highest BCUT2D eigenvalue weighted by Crippen LogP contribution is 2.18. The first-order valence-corrected chi connectivity index (χ1v) is 7.99. The second kappa shape index (κ2) is 7.29. The molecule has 2 rings (SSSR count). The second-order valence-electron chi connectivity index (χ2n) is 4.87. The van der Waals surface area contributed by atoms with Crippen LogP contribution in [0.15, 0.2) is 53.4 Å². The molecule has 1 amide bonds. The van der Waals surface area contributed by atoms with Gasteiger partial charge in [-0.1, -0.05) is 29.8 Å². The van der Waals surface area contributed by atoms with Gasteiger partial charge < -0.3 is 10.4 Å². The first-order chi connectivity index (χ1) is 10.1. The van der Waals surface area contributed by atoms with Gasteiger partial charge in [-0.3, -0.25) is 4.79 Å². The van der Waals surface area contributed by atoms with Gasteiger partial charge in [-0.05, 0) is 43.0 Å². The smallest absolute Gasteiger partial charge is 0.251 e. The van der Waals surface area contributed by atoms with E-state index in [-0.39, 0.29) is 12.5 Å². The highest BCUT2D eigenvalue weighted by Gasteiger charge is 2.10. The molecule has 3 nitrogen and oxygen atoms in total. The lowest BCUT2D eigenvalue weighted by atomic mass is 10.1. The van der Waals surface area contributed by atoms with E-state index >= 15 is 0 Å². The molecule has 0 heterocycles. The van der Waals surface area contributed by atoms with Gasteiger partial charge in [0.15, 0.2) is 0 Å². The van der Waals surface area contributed by atoms with Gasteiger partial charge in [0.05, 0.1) is 6.10 Å². The fourth-order valence-corrected chi connectivity index (χ4v) is 2.35. The quantitative estimate of drug-likeness (QED) is 0.834. The van der Waals surface area contributed by atoms with E-state index in [1.54, 1.807) is 23.9 Å². The number of hydrogen-bond acceptors (Lipinski definition) is 3. The number of aliphatic hydroxyl groups is 1. The molecule has 110 valence electrons. The van der Waals surface area contributed by atoms with Crippen LogP contribution in [0.2, 0.25) is 0 Å². The molecule has 4 heteroatoms. The molecule has 0 aromatic heterocycles. The number of nitrogens with one attached hydrogen (secondary N) is 1. The van der Waals surface area contributed by atoms with Gasteiger partial charge >= 0.3 is 0 Å². The molecule has 1 atom stereocenters. The molecule has 0 fully saturated rings. The molecule has 0 aliphatic rings. The molecule has 2 N–H and O–H groups in total. The number of hydrogen-bond donors (Lipinski definition) is 2. The van der Waals surface area contributed by atoms with Crippen molar-refractivity contribution in [3.05, 3.63) is 65.2 Å². The molecule has 2 aromatic rings. The summed E-state index contributed by atoms with van der Waals surface area (Å²) in [5.41, 5.74) is 2.52. The summed E-state index contributed by atoms with van der Waals surface area (Å²) < 4.78 is 0. The molecule has 21 heavy (non-hydrogen) atoms. The van der Waals surface area contributed by atoms with Crippen molar-refractivity contribution >= 4 is 17.7 Å². The van der Waals surface area contributed by atoms with Crippen LogP contribution in [0.5, 0.6) is 0 Å². The summed E-state index contributed by atoms with van der Waals surface area (Å²) >= 11 is 1.65. The maximum Gasteiger partial charge on any atom is 0.251 e. The average Bonchev–Trinajstić information content (AvgIpc) is 2.53. The lowest BCUT2D eigenvalue weighted by Crippen LogP contribution is -2.28. The normalized spacial score (nSPS) is 12.0. The third-order valence-corrected chi connectivity index (χ3v) is 4.01. The summed E-state index contributed by atoms with van der Waals surface area (Å²) in [7, 11) is 0. The Morgan fingerprint density at radius 3 is 2.33 bits per heavy atom. The Balaban J connectivity index is 1.92. The third-order valence-electron chi connectivity index (χ3n) is 3.27.